The van der Waals surface area contributed by atoms with Crippen LogP contribution in [0.2, 0.25) is 0 Å². The standard InChI is InChI=1S/C20H20N2O3/c23-16-7-9-22(10-8-16)13-15-6-5-14(12-21-15)20-11-18(24)17-3-1-2-4-19(17)25-20/h1-6,12,20H,7-11,13H2. The lowest BCUT2D eigenvalue weighted by atomic mass is 9.97. The molecule has 0 spiro atoms. The Bertz CT molecular complexity index is 791. The highest BCUT2D eigenvalue weighted by Crippen LogP contribution is 2.34. The molecular weight excluding hydrogens is 316 g/mol. The normalized spacial score (nSPS) is 20.9. The summed E-state index contributed by atoms with van der Waals surface area (Å²) in [5.41, 5.74) is 2.55. The van der Waals surface area contributed by atoms with E-state index in [0.29, 0.717) is 36.4 Å². The first-order valence-corrected chi connectivity index (χ1v) is 8.67. The Labute approximate surface area is 146 Å². The first kappa shape index (κ1) is 16.0. The number of nitrogens with zero attached hydrogens (tertiary/aromatic N) is 2. The summed E-state index contributed by atoms with van der Waals surface area (Å²) in [6.07, 6.45) is 3.13. The van der Waals surface area contributed by atoms with Crippen LogP contribution in [-0.2, 0) is 11.3 Å². The molecule has 0 N–H and O–H groups in total. The second-order valence-corrected chi connectivity index (χ2v) is 6.63. The van der Waals surface area contributed by atoms with E-state index >= 15 is 0 Å². The largest absolute Gasteiger partial charge is 0.484 e. The molecule has 0 saturated carbocycles. The number of ketones is 2. The summed E-state index contributed by atoms with van der Waals surface area (Å²) >= 11 is 0. The van der Waals surface area contributed by atoms with Crippen molar-refractivity contribution in [3.63, 3.8) is 0 Å². The molecule has 2 aliphatic rings. The Balaban J connectivity index is 1.44. The number of pyridine rings is 1. The van der Waals surface area contributed by atoms with Crippen LogP contribution in [0, 0.1) is 0 Å². The fraction of sp³-hybridized carbons (Fsp3) is 0.350. The van der Waals surface area contributed by atoms with Gasteiger partial charge < -0.3 is 4.74 Å². The van der Waals surface area contributed by atoms with Crippen LogP contribution in [0.25, 0.3) is 0 Å². The van der Waals surface area contributed by atoms with Gasteiger partial charge in [0.25, 0.3) is 0 Å². The number of Topliss-reactive ketones (excluding diaryl/α,β-unsaturated/α-hetero) is 2. The van der Waals surface area contributed by atoms with Gasteiger partial charge in [-0.1, -0.05) is 18.2 Å². The second kappa shape index (κ2) is 6.76. The van der Waals surface area contributed by atoms with Crippen molar-refractivity contribution in [3.05, 3.63) is 59.4 Å². The van der Waals surface area contributed by atoms with Gasteiger partial charge in [-0.15, -0.1) is 0 Å². The molecule has 0 radical (unpaired) electrons. The van der Waals surface area contributed by atoms with Gasteiger partial charge in [-0.2, -0.15) is 0 Å². The van der Waals surface area contributed by atoms with Crippen LogP contribution in [0.4, 0.5) is 0 Å². The minimum atomic E-state index is -0.281. The number of carbonyl (C=O) groups is 2. The molecule has 1 aromatic heterocycles. The molecule has 128 valence electrons. The monoisotopic (exact) mass is 336 g/mol. The molecule has 5 nitrogen and oxygen atoms in total. The summed E-state index contributed by atoms with van der Waals surface area (Å²) in [7, 11) is 0. The van der Waals surface area contributed by atoms with E-state index in [4.69, 9.17) is 4.74 Å². The van der Waals surface area contributed by atoms with Crippen LogP contribution < -0.4 is 4.74 Å². The Morgan fingerprint density at radius 2 is 1.88 bits per heavy atom. The number of fused-ring (bicyclic) bond motifs is 1. The average Bonchev–Trinajstić information content (AvgIpc) is 2.64. The minimum Gasteiger partial charge on any atom is -0.484 e. The number of aromatic nitrogens is 1. The lowest BCUT2D eigenvalue weighted by molar-refractivity contribution is -0.121. The van der Waals surface area contributed by atoms with E-state index in [9.17, 15) is 9.59 Å². The van der Waals surface area contributed by atoms with Crippen LogP contribution in [0.1, 0.15) is 47.0 Å². The Hall–Kier alpha value is -2.53. The predicted octanol–water partition coefficient (Wildman–Crippen LogP) is 2.95. The number of likely N-dealkylation sites (tertiary alicyclic amines) is 1. The van der Waals surface area contributed by atoms with E-state index in [0.717, 1.165) is 30.9 Å². The summed E-state index contributed by atoms with van der Waals surface area (Å²) in [5, 5.41) is 0. The third kappa shape index (κ3) is 3.46. The number of hydrogen-bond acceptors (Lipinski definition) is 5. The molecular formula is C20H20N2O3. The Kier molecular flexibility index (Phi) is 4.32. The molecule has 0 aliphatic carbocycles. The molecule has 25 heavy (non-hydrogen) atoms. The van der Waals surface area contributed by atoms with Gasteiger partial charge in [0.05, 0.1) is 17.7 Å². The number of hydrogen-bond donors (Lipinski definition) is 0. The summed E-state index contributed by atoms with van der Waals surface area (Å²) in [5.74, 6) is 1.10. The molecule has 0 amide bonds. The van der Waals surface area contributed by atoms with E-state index in [-0.39, 0.29) is 11.9 Å². The molecule has 5 heteroatoms. The quantitative estimate of drug-likeness (QED) is 0.862. The highest BCUT2D eigenvalue weighted by Gasteiger charge is 2.27. The maximum Gasteiger partial charge on any atom is 0.170 e. The first-order valence-electron chi connectivity index (χ1n) is 8.67. The van der Waals surface area contributed by atoms with E-state index in [2.05, 4.69) is 9.88 Å². The Morgan fingerprint density at radius 3 is 2.64 bits per heavy atom. The summed E-state index contributed by atoms with van der Waals surface area (Å²) in [6.45, 7) is 2.36. The van der Waals surface area contributed by atoms with E-state index < -0.39 is 0 Å². The smallest absolute Gasteiger partial charge is 0.170 e. The molecule has 0 bridgehead atoms. The number of piperidine rings is 1. The molecule has 4 rings (SSSR count). The van der Waals surface area contributed by atoms with Crippen molar-refractivity contribution in [2.45, 2.75) is 31.9 Å². The zero-order valence-electron chi connectivity index (χ0n) is 14.0. The van der Waals surface area contributed by atoms with Crippen molar-refractivity contribution in [1.82, 2.24) is 9.88 Å². The molecule has 1 saturated heterocycles. The second-order valence-electron chi connectivity index (χ2n) is 6.63. The summed E-state index contributed by atoms with van der Waals surface area (Å²) in [6, 6.07) is 11.3. The lowest BCUT2D eigenvalue weighted by Crippen LogP contribution is -2.33. The van der Waals surface area contributed by atoms with Crippen molar-refractivity contribution in [2.75, 3.05) is 13.1 Å². The highest BCUT2D eigenvalue weighted by molar-refractivity contribution is 5.99. The minimum absolute atomic E-state index is 0.105. The SMILES string of the molecule is O=C1CCN(Cc2ccc(C3CC(=O)c4ccccc4O3)cn2)CC1. The number of para-hydroxylation sites is 1. The van der Waals surface area contributed by atoms with Gasteiger partial charge in [-0.25, -0.2) is 0 Å². The van der Waals surface area contributed by atoms with Gasteiger partial charge in [0, 0.05) is 44.2 Å². The maximum absolute atomic E-state index is 12.3. The van der Waals surface area contributed by atoms with Gasteiger partial charge in [-0.3, -0.25) is 19.5 Å². The van der Waals surface area contributed by atoms with E-state index in [1.54, 1.807) is 12.3 Å². The van der Waals surface area contributed by atoms with Crippen molar-refractivity contribution in [2.24, 2.45) is 0 Å². The zero-order valence-corrected chi connectivity index (χ0v) is 14.0. The highest BCUT2D eigenvalue weighted by atomic mass is 16.5. The third-order valence-corrected chi connectivity index (χ3v) is 4.85. The van der Waals surface area contributed by atoms with Gasteiger partial charge in [-0.05, 0) is 18.2 Å². The number of ether oxygens (including phenoxy) is 1. The van der Waals surface area contributed by atoms with Gasteiger partial charge in [0.15, 0.2) is 5.78 Å². The average molecular weight is 336 g/mol. The fourth-order valence-corrected chi connectivity index (χ4v) is 3.37. The van der Waals surface area contributed by atoms with Crippen LogP contribution in [0.3, 0.4) is 0 Å². The maximum atomic E-state index is 12.3. The van der Waals surface area contributed by atoms with Crippen molar-refractivity contribution < 1.29 is 14.3 Å². The van der Waals surface area contributed by atoms with E-state index in [1.165, 1.54) is 0 Å². The zero-order chi connectivity index (χ0) is 17.2. The van der Waals surface area contributed by atoms with E-state index in [1.807, 2.05) is 30.3 Å². The van der Waals surface area contributed by atoms with Crippen molar-refractivity contribution in [1.29, 1.82) is 0 Å². The van der Waals surface area contributed by atoms with Gasteiger partial charge in [0.2, 0.25) is 0 Å². The van der Waals surface area contributed by atoms with Crippen molar-refractivity contribution in [3.8, 4) is 5.75 Å². The summed E-state index contributed by atoms with van der Waals surface area (Å²) < 4.78 is 5.98. The number of rotatable bonds is 3. The molecule has 1 unspecified atom stereocenters. The first-order chi connectivity index (χ1) is 12.2. The topological polar surface area (TPSA) is 59.5 Å². The third-order valence-electron chi connectivity index (χ3n) is 4.85. The molecule has 1 aromatic carbocycles. The molecule has 3 heterocycles. The molecule has 1 fully saturated rings. The van der Waals surface area contributed by atoms with Gasteiger partial charge >= 0.3 is 0 Å². The lowest BCUT2D eigenvalue weighted by Gasteiger charge is -2.26. The van der Waals surface area contributed by atoms with Crippen LogP contribution in [-0.4, -0.2) is 34.5 Å². The predicted molar refractivity (Wildman–Crippen MR) is 92.5 cm³/mol. The Morgan fingerprint density at radius 1 is 1.08 bits per heavy atom. The number of benzene rings is 1. The molecule has 1 atom stereocenters. The number of carbonyl (C=O) groups excluding carboxylic acids is 2. The van der Waals surface area contributed by atoms with Crippen molar-refractivity contribution >= 4 is 11.6 Å². The molecule has 2 aliphatic heterocycles. The molecule has 2 aromatic rings. The van der Waals surface area contributed by atoms with Crippen LogP contribution >= 0.6 is 0 Å². The summed E-state index contributed by atoms with van der Waals surface area (Å²) in [4.78, 5) is 30.4. The van der Waals surface area contributed by atoms with Crippen LogP contribution in [0.5, 0.6) is 5.75 Å². The van der Waals surface area contributed by atoms with Crippen LogP contribution in [0.15, 0.2) is 42.6 Å². The fourth-order valence-electron chi connectivity index (χ4n) is 3.37. The van der Waals surface area contributed by atoms with Gasteiger partial charge in [0.1, 0.15) is 17.6 Å².